The summed E-state index contributed by atoms with van der Waals surface area (Å²) < 4.78 is 28.9. The number of rotatable bonds is 7. The number of aromatic nitrogens is 2. The lowest BCUT2D eigenvalue weighted by atomic mass is 10.1. The largest absolute Gasteiger partial charge is 0.338 e. The molecule has 7 heteroatoms. The topological polar surface area (TPSA) is 59.0 Å². The van der Waals surface area contributed by atoms with Crippen LogP contribution in [0.5, 0.6) is 0 Å². The van der Waals surface area contributed by atoms with Gasteiger partial charge in [-0.3, -0.25) is 4.68 Å². The fraction of sp³-hybridized carbons (Fsp3) is 0.444. The van der Waals surface area contributed by atoms with E-state index in [9.17, 15) is 13.6 Å². The predicted octanol–water partition coefficient (Wildman–Crippen LogP) is 2.96. The number of nitrogens with one attached hydrogen (secondary N) is 2. The van der Waals surface area contributed by atoms with E-state index in [-0.39, 0.29) is 30.5 Å². The number of halogens is 2. The first-order valence-electron chi connectivity index (χ1n) is 8.32. The van der Waals surface area contributed by atoms with Crippen molar-refractivity contribution >= 4 is 6.03 Å². The van der Waals surface area contributed by atoms with Gasteiger partial charge in [-0.15, -0.1) is 0 Å². The average Bonchev–Trinajstić information content (AvgIpc) is 2.85. The van der Waals surface area contributed by atoms with Gasteiger partial charge < -0.3 is 10.6 Å². The molecule has 5 nitrogen and oxygen atoms in total. The number of hydrogen-bond donors (Lipinski definition) is 2. The normalized spacial score (nSPS) is 12.0. The number of hydrogen-bond acceptors (Lipinski definition) is 2. The minimum absolute atomic E-state index is 0.0132. The van der Waals surface area contributed by atoms with Crippen LogP contribution in [0, 0.1) is 31.4 Å². The number of nitrogens with zero attached hydrogens (tertiary/aromatic N) is 2. The van der Waals surface area contributed by atoms with Gasteiger partial charge in [0.1, 0.15) is 11.6 Å². The first kappa shape index (κ1) is 18.9. The van der Waals surface area contributed by atoms with Crippen molar-refractivity contribution in [3.63, 3.8) is 0 Å². The third-order valence-corrected chi connectivity index (χ3v) is 3.92. The number of benzene rings is 1. The van der Waals surface area contributed by atoms with Gasteiger partial charge in [0.15, 0.2) is 0 Å². The van der Waals surface area contributed by atoms with Gasteiger partial charge in [-0.1, -0.05) is 13.0 Å². The van der Waals surface area contributed by atoms with Gasteiger partial charge in [0.2, 0.25) is 0 Å². The molecule has 2 aromatic rings. The molecular weight excluding hydrogens is 326 g/mol. The SMILES string of the molecule is Cc1cc(C)n(CC(C)CNC(=O)NCCc2c(F)cccc2F)n1. The zero-order chi connectivity index (χ0) is 18.4. The van der Waals surface area contributed by atoms with Crippen LogP contribution in [0.1, 0.15) is 23.9 Å². The Labute approximate surface area is 146 Å². The summed E-state index contributed by atoms with van der Waals surface area (Å²) in [5.41, 5.74) is 2.04. The van der Waals surface area contributed by atoms with Gasteiger partial charge in [-0.25, -0.2) is 13.6 Å². The lowest BCUT2D eigenvalue weighted by Crippen LogP contribution is -2.39. The van der Waals surface area contributed by atoms with E-state index in [1.165, 1.54) is 18.2 Å². The minimum Gasteiger partial charge on any atom is -0.338 e. The van der Waals surface area contributed by atoms with Gasteiger partial charge in [-0.05, 0) is 44.4 Å². The summed E-state index contributed by atoms with van der Waals surface area (Å²) in [6, 6.07) is 5.39. The molecule has 0 aliphatic rings. The second kappa shape index (κ2) is 8.60. The maximum atomic E-state index is 13.5. The lowest BCUT2D eigenvalue weighted by molar-refractivity contribution is 0.238. The van der Waals surface area contributed by atoms with E-state index in [4.69, 9.17) is 0 Å². The van der Waals surface area contributed by atoms with E-state index in [2.05, 4.69) is 15.7 Å². The summed E-state index contributed by atoms with van der Waals surface area (Å²) in [5, 5.41) is 9.77. The zero-order valence-corrected chi connectivity index (χ0v) is 14.8. The first-order chi connectivity index (χ1) is 11.9. The van der Waals surface area contributed by atoms with E-state index in [1.54, 1.807) is 0 Å². The van der Waals surface area contributed by atoms with Crippen molar-refractivity contribution in [2.24, 2.45) is 5.92 Å². The molecule has 2 N–H and O–H groups in total. The smallest absolute Gasteiger partial charge is 0.314 e. The Morgan fingerprint density at radius 1 is 1.24 bits per heavy atom. The van der Waals surface area contributed by atoms with E-state index >= 15 is 0 Å². The summed E-state index contributed by atoms with van der Waals surface area (Å²) in [5.74, 6) is -0.991. The second-order valence-electron chi connectivity index (χ2n) is 6.30. The molecule has 2 amide bonds. The van der Waals surface area contributed by atoms with Gasteiger partial charge in [0.05, 0.1) is 5.69 Å². The maximum Gasteiger partial charge on any atom is 0.314 e. The van der Waals surface area contributed by atoms with Crippen LogP contribution in [0.25, 0.3) is 0 Å². The van der Waals surface area contributed by atoms with Gasteiger partial charge in [-0.2, -0.15) is 5.10 Å². The third-order valence-electron chi connectivity index (χ3n) is 3.92. The maximum absolute atomic E-state index is 13.5. The molecular formula is C18H24F2N4O. The van der Waals surface area contributed by atoms with Crippen molar-refractivity contribution in [1.29, 1.82) is 0 Å². The summed E-state index contributed by atoms with van der Waals surface area (Å²) in [6.45, 7) is 7.31. The Hall–Kier alpha value is -2.44. The number of amides is 2. The van der Waals surface area contributed by atoms with Crippen LogP contribution in [-0.2, 0) is 13.0 Å². The molecule has 0 spiro atoms. The molecule has 0 saturated heterocycles. The molecule has 1 aromatic carbocycles. The molecule has 0 radical (unpaired) electrons. The van der Waals surface area contributed by atoms with E-state index in [0.29, 0.717) is 13.1 Å². The standard InChI is InChI=1S/C18H24F2N4O/c1-12(11-24-14(3)9-13(2)23-24)10-22-18(25)21-8-7-15-16(19)5-4-6-17(15)20/h4-6,9,12H,7-8,10-11H2,1-3H3,(H2,21,22,25). The molecule has 25 heavy (non-hydrogen) atoms. The van der Waals surface area contributed by atoms with Crippen LogP contribution in [0.2, 0.25) is 0 Å². The molecule has 1 unspecified atom stereocenters. The Morgan fingerprint density at radius 3 is 2.52 bits per heavy atom. The van der Waals surface area contributed by atoms with E-state index in [1.807, 2.05) is 31.5 Å². The van der Waals surface area contributed by atoms with Crippen LogP contribution in [0.15, 0.2) is 24.3 Å². The second-order valence-corrected chi connectivity index (χ2v) is 6.30. The van der Waals surface area contributed by atoms with Gasteiger partial charge in [0.25, 0.3) is 0 Å². The third kappa shape index (κ3) is 5.55. The zero-order valence-electron chi connectivity index (χ0n) is 14.8. The Kier molecular flexibility index (Phi) is 6.50. The van der Waals surface area contributed by atoms with Crippen molar-refractivity contribution in [2.45, 2.75) is 33.7 Å². The quantitative estimate of drug-likeness (QED) is 0.807. The van der Waals surface area contributed by atoms with Crippen molar-refractivity contribution in [3.05, 3.63) is 52.9 Å². The molecule has 2 rings (SSSR count). The predicted molar refractivity (Wildman–Crippen MR) is 92.3 cm³/mol. The molecule has 1 heterocycles. The fourth-order valence-electron chi connectivity index (χ4n) is 2.62. The molecule has 0 bridgehead atoms. The van der Waals surface area contributed by atoms with Crippen molar-refractivity contribution in [2.75, 3.05) is 13.1 Å². The molecule has 1 aromatic heterocycles. The summed E-state index contributed by atoms with van der Waals surface area (Å²) in [7, 11) is 0. The minimum atomic E-state index is -0.597. The fourth-order valence-corrected chi connectivity index (χ4v) is 2.62. The molecule has 1 atom stereocenters. The number of carbonyl (C=O) groups is 1. The highest BCUT2D eigenvalue weighted by atomic mass is 19.1. The van der Waals surface area contributed by atoms with Crippen LogP contribution in [-0.4, -0.2) is 28.9 Å². The van der Waals surface area contributed by atoms with Crippen molar-refractivity contribution in [1.82, 2.24) is 20.4 Å². The number of carbonyl (C=O) groups excluding carboxylic acids is 1. The average molecular weight is 350 g/mol. The monoisotopic (exact) mass is 350 g/mol. The van der Waals surface area contributed by atoms with E-state index in [0.717, 1.165) is 11.4 Å². The molecule has 136 valence electrons. The highest BCUT2D eigenvalue weighted by molar-refractivity contribution is 5.73. The summed E-state index contributed by atoms with van der Waals surface area (Å²) >= 11 is 0. The van der Waals surface area contributed by atoms with Crippen LogP contribution in [0.3, 0.4) is 0 Å². The first-order valence-corrected chi connectivity index (χ1v) is 8.32. The Bertz CT molecular complexity index is 710. The van der Waals surface area contributed by atoms with Crippen LogP contribution >= 0.6 is 0 Å². The van der Waals surface area contributed by atoms with Crippen LogP contribution < -0.4 is 10.6 Å². The highest BCUT2D eigenvalue weighted by Crippen LogP contribution is 2.12. The molecule has 0 fully saturated rings. The Morgan fingerprint density at radius 2 is 1.92 bits per heavy atom. The summed E-state index contributed by atoms with van der Waals surface area (Å²) in [4.78, 5) is 11.8. The van der Waals surface area contributed by atoms with Crippen LogP contribution in [0.4, 0.5) is 13.6 Å². The van der Waals surface area contributed by atoms with Crippen molar-refractivity contribution in [3.8, 4) is 0 Å². The van der Waals surface area contributed by atoms with Crippen molar-refractivity contribution < 1.29 is 13.6 Å². The van der Waals surface area contributed by atoms with Gasteiger partial charge >= 0.3 is 6.03 Å². The number of urea groups is 1. The molecule has 0 aliphatic carbocycles. The van der Waals surface area contributed by atoms with E-state index < -0.39 is 11.6 Å². The molecule has 0 saturated carbocycles. The Balaban J connectivity index is 1.71. The summed E-state index contributed by atoms with van der Waals surface area (Å²) in [6.07, 6.45) is 0.104. The lowest BCUT2D eigenvalue weighted by Gasteiger charge is -2.14. The molecule has 0 aliphatic heterocycles. The van der Waals surface area contributed by atoms with Gasteiger partial charge in [0, 0.05) is 30.9 Å². The number of aryl methyl sites for hydroxylation is 2. The highest BCUT2D eigenvalue weighted by Gasteiger charge is 2.10.